The van der Waals surface area contributed by atoms with E-state index in [1.807, 2.05) is 36.4 Å². The molecule has 1 saturated heterocycles. The molecule has 0 bridgehead atoms. The van der Waals surface area contributed by atoms with Crippen LogP contribution in [0.5, 0.6) is 0 Å². The highest BCUT2D eigenvalue weighted by Gasteiger charge is 2.20. The molecule has 3 rings (SSSR count). The van der Waals surface area contributed by atoms with Gasteiger partial charge < -0.3 is 5.32 Å². The number of hydrogen-bond acceptors (Lipinski definition) is 4. The van der Waals surface area contributed by atoms with Gasteiger partial charge in [-0.25, -0.2) is 4.98 Å². The third kappa shape index (κ3) is 6.59. The van der Waals surface area contributed by atoms with Gasteiger partial charge in [-0.15, -0.1) is 0 Å². The van der Waals surface area contributed by atoms with Gasteiger partial charge in [0.25, 0.3) is 0 Å². The molecule has 0 radical (unpaired) electrons. The maximum atomic E-state index is 12.2. The zero-order valence-electron chi connectivity index (χ0n) is 18.8. The largest absolute Gasteiger partial charge is 0.307 e. The second kappa shape index (κ2) is 11.0. The molecule has 1 fully saturated rings. The Hall–Kier alpha value is -2.79. The Bertz CT molecular complexity index is 913. The zero-order valence-corrected chi connectivity index (χ0v) is 18.8. The molecular weight excluding hydrogens is 386 g/mol. The monoisotopic (exact) mass is 419 g/mol. The van der Waals surface area contributed by atoms with E-state index in [9.17, 15) is 9.59 Å². The van der Waals surface area contributed by atoms with Crippen molar-refractivity contribution in [1.29, 1.82) is 0 Å². The van der Waals surface area contributed by atoms with Crippen molar-refractivity contribution >= 4 is 17.5 Å². The molecule has 1 aromatic carbocycles. The Morgan fingerprint density at radius 1 is 1.10 bits per heavy atom. The summed E-state index contributed by atoms with van der Waals surface area (Å²) in [5, 5.41) is 2.82. The summed E-state index contributed by atoms with van der Waals surface area (Å²) in [7, 11) is 0. The fourth-order valence-corrected chi connectivity index (χ4v) is 4.26. The van der Waals surface area contributed by atoms with Crippen LogP contribution in [0.2, 0.25) is 0 Å². The number of pyridine rings is 1. The normalized spacial score (nSPS) is 15.9. The quantitative estimate of drug-likeness (QED) is 0.608. The number of hydrogen-bond donors (Lipinski definition) is 1. The van der Waals surface area contributed by atoms with Crippen molar-refractivity contribution in [3.05, 3.63) is 60.3 Å². The minimum atomic E-state index is -0.166. The van der Waals surface area contributed by atoms with Crippen molar-refractivity contribution in [2.24, 2.45) is 5.92 Å². The zero-order chi connectivity index (χ0) is 22.2. The summed E-state index contributed by atoms with van der Waals surface area (Å²) in [5.74, 6) is 0.670. The lowest BCUT2D eigenvalue weighted by atomic mass is 9.84. The topological polar surface area (TPSA) is 62.3 Å². The second-order valence-corrected chi connectivity index (χ2v) is 8.64. The predicted molar refractivity (Wildman–Crippen MR) is 126 cm³/mol. The predicted octanol–water partition coefficient (Wildman–Crippen LogP) is 5.06. The lowest BCUT2D eigenvalue weighted by molar-refractivity contribution is -0.119. The van der Waals surface area contributed by atoms with E-state index in [1.54, 1.807) is 19.2 Å². The van der Waals surface area contributed by atoms with Gasteiger partial charge in [0.15, 0.2) is 0 Å². The molecule has 0 spiro atoms. The van der Waals surface area contributed by atoms with Crippen LogP contribution in [0.25, 0.3) is 11.1 Å². The van der Waals surface area contributed by atoms with E-state index in [-0.39, 0.29) is 23.5 Å². The summed E-state index contributed by atoms with van der Waals surface area (Å²) in [4.78, 5) is 31.0. The molecular formula is C26H33N3O2. The minimum absolute atomic E-state index is 0.108. The first-order valence-corrected chi connectivity index (χ1v) is 11.2. The average molecular weight is 420 g/mol. The Balaban J connectivity index is 1.61. The van der Waals surface area contributed by atoms with E-state index in [1.165, 1.54) is 19.3 Å². The van der Waals surface area contributed by atoms with Crippen molar-refractivity contribution in [3.63, 3.8) is 0 Å². The van der Waals surface area contributed by atoms with Crippen LogP contribution in [0, 0.1) is 5.92 Å². The fourth-order valence-electron chi connectivity index (χ4n) is 4.26. The molecule has 1 unspecified atom stereocenters. The van der Waals surface area contributed by atoms with Gasteiger partial charge in [-0.05, 0) is 62.0 Å². The first-order valence-electron chi connectivity index (χ1n) is 11.2. The number of carbonyl (C=O) groups is 2. The van der Waals surface area contributed by atoms with Gasteiger partial charge >= 0.3 is 0 Å². The number of Topliss-reactive ketones (excluding diaryl/α,β-unsaturated/α-hetero) is 1. The Morgan fingerprint density at radius 2 is 1.87 bits per heavy atom. The summed E-state index contributed by atoms with van der Waals surface area (Å²) in [5.41, 5.74) is 2.99. The van der Waals surface area contributed by atoms with Gasteiger partial charge in [-0.1, -0.05) is 50.6 Å². The number of likely N-dealkylation sites (tertiary alicyclic amines) is 1. The fraction of sp³-hybridized carbons (Fsp3) is 0.423. The van der Waals surface area contributed by atoms with E-state index in [0.29, 0.717) is 5.82 Å². The van der Waals surface area contributed by atoms with Crippen LogP contribution in [0.3, 0.4) is 0 Å². The Morgan fingerprint density at radius 3 is 2.52 bits per heavy atom. The lowest BCUT2D eigenvalue weighted by Gasteiger charge is -2.24. The maximum absolute atomic E-state index is 12.2. The number of aromatic nitrogens is 1. The summed E-state index contributed by atoms with van der Waals surface area (Å²) in [6.07, 6.45) is 9.05. The number of rotatable bonds is 8. The average Bonchev–Trinajstić information content (AvgIpc) is 2.75. The smallest absolute Gasteiger partial charge is 0.249 e. The van der Waals surface area contributed by atoms with Crippen molar-refractivity contribution < 1.29 is 9.59 Å². The summed E-state index contributed by atoms with van der Waals surface area (Å²) >= 11 is 0. The van der Waals surface area contributed by atoms with E-state index in [4.69, 9.17) is 0 Å². The van der Waals surface area contributed by atoms with Crippen LogP contribution in [0.1, 0.15) is 51.5 Å². The summed E-state index contributed by atoms with van der Waals surface area (Å²) in [6, 6.07) is 11.8. The molecule has 5 nitrogen and oxygen atoms in total. The van der Waals surface area contributed by atoms with E-state index in [0.717, 1.165) is 36.3 Å². The summed E-state index contributed by atoms with van der Waals surface area (Å²) in [6.45, 7) is 8.82. The first-order chi connectivity index (χ1) is 14.9. The molecule has 1 atom stereocenters. The number of benzene rings is 1. The molecule has 5 heteroatoms. The highest BCUT2D eigenvalue weighted by Crippen LogP contribution is 2.29. The molecule has 31 heavy (non-hydrogen) atoms. The van der Waals surface area contributed by atoms with Gasteiger partial charge in [-0.2, -0.15) is 0 Å². The summed E-state index contributed by atoms with van der Waals surface area (Å²) < 4.78 is 0. The maximum Gasteiger partial charge on any atom is 0.249 e. The molecule has 1 amide bonds. The second-order valence-electron chi connectivity index (χ2n) is 8.64. The minimum Gasteiger partial charge on any atom is -0.307 e. The SMILES string of the molecule is CC(=O)C(c1cccc(-c2ccc(NC(=O)/C=C/CN3CCCCC3)nc2)c1)C(C)C. The number of nitrogens with zero attached hydrogens (tertiary/aromatic N) is 2. The van der Waals surface area contributed by atoms with Crippen LogP contribution in [-0.2, 0) is 9.59 Å². The third-order valence-corrected chi connectivity index (χ3v) is 5.78. The number of amides is 1. The molecule has 1 N–H and O–H groups in total. The lowest BCUT2D eigenvalue weighted by Crippen LogP contribution is -2.29. The van der Waals surface area contributed by atoms with Crippen LogP contribution >= 0.6 is 0 Å². The Kier molecular flexibility index (Phi) is 8.13. The molecule has 0 aliphatic carbocycles. The van der Waals surface area contributed by atoms with Gasteiger partial charge in [0.05, 0.1) is 0 Å². The van der Waals surface area contributed by atoms with E-state index < -0.39 is 0 Å². The molecule has 1 aliphatic heterocycles. The van der Waals surface area contributed by atoms with Crippen LogP contribution in [0.4, 0.5) is 5.82 Å². The first kappa shape index (κ1) is 22.9. The molecule has 2 heterocycles. The van der Waals surface area contributed by atoms with Crippen LogP contribution < -0.4 is 5.32 Å². The van der Waals surface area contributed by atoms with E-state index in [2.05, 4.69) is 35.1 Å². The Labute approximate surface area is 185 Å². The number of carbonyl (C=O) groups excluding carboxylic acids is 2. The van der Waals surface area contributed by atoms with Gasteiger partial charge in [-0.3, -0.25) is 14.5 Å². The van der Waals surface area contributed by atoms with Crippen molar-refractivity contribution in [2.75, 3.05) is 25.0 Å². The van der Waals surface area contributed by atoms with Crippen molar-refractivity contribution in [2.45, 2.75) is 46.0 Å². The van der Waals surface area contributed by atoms with Crippen LogP contribution in [0.15, 0.2) is 54.7 Å². The van der Waals surface area contributed by atoms with Crippen molar-refractivity contribution in [1.82, 2.24) is 9.88 Å². The number of anilines is 1. The molecule has 164 valence electrons. The number of ketones is 1. The van der Waals surface area contributed by atoms with Crippen LogP contribution in [-0.4, -0.2) is 41.2 Å². The molecule has 0 saturated carbocycles. The molecule has 2 aromatic rings. The highest BCUT2D eigenvalue weighted by molar-refractivity contribution is 5.98. The van der Waals surface area contributed by atoms with Gasteiger partial charge in [0, 0.05) is 30.3 Å². The molecule has 1 aliphatic rings. The highest BCUT2D eigenvalue weighted by atomic mass is 16.1. The standard InChI is InChI=1S/C26H33N3O2/c1-19(2)26(20(3)30)22-10-7-9-21(17-22)23-12-13-24(27-18-23)28-25(31)11-8-16-29-14-5-4-6-15-29/h7-13,17-19,26H,4-6,14-16H2,1-3H3,(H,27,28,31)/b11-8+. The van der Waals surface area contributed by atoms with Gasteiger partial charge in [0.2, 0.25) is 5.91 Å². The van der Waals surface area contributed by atoms with E-state index >= 15 is 0 Å². The van der Waals surface area contributed by atoms with Gasteiger partial charge in [0.1, 0.15) is 11.6 Å². The van der Waals surface area contributed by atoms with Crippen molar-refractivity contribution in [3.8, 4) is 11.1 Å². The number of piperidine rings is 1. The number of nitrogens with one attached hydrogen (secondary N) is 1. The third-order valence-electron chi connectivity index (χ3n) is 5.78. The molecule has 1 aromatic heterocycles.